The lowest BCUT2D eigenvalue weighted by molar-refractivity contribution is 0.475. The van der Waals surface area contributed by atoms with E-state index in [1.807, 2.05) is 6.92 Å². The molecule has 0 spiro atoms. The molecule has 6 heteroatoms. The molecule has 0 amide bonds. The van der Waals surface area contributed by atoms with Gasteiger partial charge in [0.15, 0.2) is 0 Å². The summed E-state index contributed by atoms with van der Waals surface area (Å²) in [5.74, 6) is 1.38. The fourth-order valence-corrected chi connectivity index (χ4v) is 2.29. The van der Waals surface area contributed by atoms with Crippen molar-refractivity contribution in [2.24, 2.45) is 0 Å². The van der Waals surface area contributed by atoms with Gasteiger partial charge < -0.3 is 4.74 Å². The summed E-state index contributed by atoms with van der Waals surface area (Å²) in [4.78, 5) is 4.10. The van der Waals surface area contributed by atoms with Crippen LogP contribution in [0.25, 0.3) is 0 Å². The molecule has 0 aliphatic carbocycles. The van der Waals surface area contributed by atoms with Crippen LogP contribution >= 0.6 is 39.1 Å². The Hall–Kier alpha value is -0.650. The van der Waals surface area contributed by atoms with Crippen LogP contribution in [0.15, 0.2) is 22.7 Å². The van der Waals surface area contributed by atoms with Crippen molar-refractivity contribution >= 4 is 39.1 Å². The van der Waals surface area contributed by atoms with Crippen LogP contribution in [0.4, 0.5) is 0 Å². The predicted molar refractivity (Wildman–Crippen MR) is 63.9 cm³/mol. The summed E-state index contributed by atoms with van der Waals surface area (Å²) in [7, 11) is 0. The summed E-state index contributed by atoms with van der Waals surface area (Å²) in [5, 5.41) is 1.18. The highest BCUT2D eigenvalue weighted by atomic mass is 79.9. The van der Waals surface area contributed by atoms with E-state index in [2.05, 4.69) is 25.3 Å². The van der Waals surface area contributed by atoms with Gasteiger partial charge in [-0.05, 0) is 41.1 Å². The van der Waals surface area contributed by atoms with Gasteiger partial charge in [0.2, 0.25) is 0 Å². The summed E-state index contributed by atoms with van der Waals surface area (Å²) >= 11 is 10.4. The Bertz CT molecular complexity index is 489. The van der Waals surface area contributed by atoms with E-state index in [0.717, 1.165) is 4.47 Å². The second kappa shape index (κ2) is 4.47. The quantitative estimate of drug-likeness (QED) is 0.839. The number of ether oxygens (including phenoxy) is 1. The lowest BCUT2D eigenvalue weighted by Crippen LogP contribution is -1.84. The molecule has 0 unspecified atom stereocenters. The van der Waals surface area contributed by atoms with Gasteiger partial charge in [0, 0.05) is 16.6 Å². The van der Waals surface area contributed by atoms with Gasteiger partial charge in [-0.25, -0.2) is 0 Å². The molecule has 2 aromatic rings. The monoisotopic (exact) mass is 304 g/mol. The van der Waals surface area contributed by atoms with E-state index in [9.17, 15) is 0 Å². The van der Waals surface area contributed by atoms with Crippen LogP contribution in [0.5, 0.6) is 10.9 Å². The zero-order chi connectivity index (χ0) is 10.8. The summed E-state index contributed by atoms with van der Waals surface area (Å²) < 4.78 is 10.3. The maximum atomic E-state index is 5.81. The molecule has 0 radical (unpaired) electrons. The molecular formula is C9H6BrClN2OS. The molecule has 2 rings (SSSR count). The second-order valence-corrected chi connectivity index (χ2v) is 4.79. The average molecular weight is 306 g/mol. The van der Waals surface area contributed by atoms with E-state index in [0.29, 0.717) is 21.8 Å². The minimum absolute atomic E-state index is 0.524. The SMILES string of the molecule is Cc1nsc(Oc2ccc(Cl)cc2Br)n1. The second-order valence-electron chi connectivity index (χ2n) is 2.78. The van der Waals surface area contributed by atoms with Gasteiger partial charge in [0.25, 0.3) is 5.19 Å². The van der Waals surface area contributed by atoms with E-state index in [1.54, 1.807) is 18.2 Å². The van der Waals surface area contributed by atoms with E-state index < -0.39 is 0 Å². The van der Waals surface area contributed by atoms with E-state index in [-0.39, 0.29) is 0 Å². The van der Waals surface area contributed by atoms with Gasteiger partial charge in [-0.3, -0.25) is 0 Å². The van der Waals surface area contributed by atoms with Crippen molar-refractivity contribution in [2.45, 2.75) is 6.92 Å². The minimum atomic E-state index is 0.524. The molecule has 0 fully saturated rings. The van der Waals surface area contributed by atoms with Crippen molar-refractivity contribution in [2.75, 3.05) is 0 Å². The molecule has 0 bridgehead atoms. The Morgan fingerprint density at radius 2 is 2.27 bits per heavy atom. The number of halogens is 2. The number of rotatable bonds is 2. The average Bonchev–Trinajstić information content (AvgIpc) is 2.56. The first-order valence-corrected chi connectivity index (χ1v) is 6.03. The summed E-state index contributed by atoms with van der Waals surface area (Å²) in [6, 6.07) is 5.31. The van der Waals surface area contributed by atoms with Crippen LogP contribution in [-0.4, -0.2) is 9.36 Å². The lowest BCUT2D eigenvalue weighted by atomic mass is 10.3. The van der Waals surface area contributed by atoms with Crippen molar-refractivity contribution in [1.82, 2.24) is 9.36 Å². The third kappa shape index (κ3) is 2.68. The zero-order valence-electron chi connectivity index (χ0n) is 7.70. The smallest absolute Gasteiger partial charge is 0.298 e. The third-order valence-electron chi connectivity index (χ3n) is 1.60. The largest absolute Gasteiger partial charge is 0.429 e. The topological polar surface area (TPSA) is 35.0 Å². The van der Waals surface area contributed by atoms with Crippen molar-refractivity contribution in [3.63, 3.8) is 0 Å². The highest BCUT2D eigenvalue weighted by Gasteiger charge is 2.06. The maximum Gasteiger partial charge on any atom is 0.298 e. The van der Waals surface area contributed by atoms with Crippen LogP contribution < -0.4 is 4.74 Å². The van der Waals surface area contributed by atoms with Gasteiger partial charge in [-0.15, -0.1) is 0 Å². The lowest BCUT2D eigenvalue weighted by Gasteiger charge is -2.03. The molecule has 1 heterocycles. The first-order valence-electron chi connectivity index (χ1n) is 4.08. The molecule has 3 nitrogen and oxygen atoms in total. The minimum Gasteiger partial charge on any atom is -0.429 e. The number of hydrogen-bond donors (Lipinski definition) is 0. The Balaban J connectivity index is 2.24. The molecule has 0 N–H and O–H groups in total. The highest BCUT2D eigenvalue weighted by Crippen LogP contribution is 2.32. The Morgan fingerprint density at radius 3 is 2.87 bits per heavy atom. The summed E-state index contributed by atoms with van der Waals surface area (Å²) in [5.41, 5.74) is 0. The molecule has 0 saturated carbocycles. The number of hydrogen-bond acceptors (Lipinski definition) is 4. The number of benzene rings is 1. The molecule has 78 valence electrons. The first kappa shape index (κ1) is 10.9. The Labute approximate surface area is 104 Å². The normalized spacial score (nSPS) is 10.3. The number of nitrogens with zero attached hydrogens (tertiary/aromatic N) is 2. The van der Waals surface area contributed by atoms with Gasteiger partial charge in [-0.1, -0.05) is 11.6 Å². The van der Waals surface area contributed by atoms with Crippen LogP contribution in [0, 0.1) is 6.92 Å². The van der Waals surface area contributed by atoms with E-state index in [4.69, 9.17) is 16.3 Å². The molecule has 0 aliphatic rings. The maximum absolute atomic E-state index is 5.81. The van der Waals surface area contributed by atoms with Crippen molar-refractivity contribution < 1.29 is 4.74 Å². The summed E-state index contributed by atoms with van der Waals surface area (Å²) in [6.45, 7) is 1.82. The van der Waals surface area contributed by atoms with Crippen LogP contribution in [0.1, 0.15) is 5.82 Å². The fourth-order valence-electron chi connectivity index (χ4n) is 0.972. The zero-order valence-corrected chi connectivity index (χ0v) is 10.9. The van der Waals surface area contributed by atoms with Crippen molar-refractivity contribution in [3.05, 3.63) is 33.5 Å². The molecule has 0 aliphatic heterocycles. The Morgan fingerprint density at radius 1 is 1.47 bits per heavy atom. The predicted octanol–water partition coefficient (Wildman–Crippen LogP) is 4.05. The van der Waals surface area contributed by atoms with Gasteiger partial charge in [-0.2, -0.15) is 9.36 Å². The molecule has 15 heavy (non-hydrogen) atoms. The first-order chi connectivity index (χ1) is 7.15. The van der Waals surface area contributed by atoms with E-state index in [1.165, 1.54) is 11.5 Å². The summed E-state index contributed by atoms with van der Waals surface area (Å²) in [6.07, 6.45) is 0. The van der Waals surface area contributed by atoms with Crippen molar-refractivity contribution in [3.8, 4) is 10.9 Å². The van der Waals surface area contributed by atoms with Crippen LogP contribution in [-0.2, 0) is 0 Å². The number of aryl methyl sites for hydroxylation is 1. The molecule has 0 atom stereocenters. The highest BCUT2D eigenvalue weighted by molar-refractivity contribution is 9.10. The number of aromatic nitrogens is 2. The van der Waals surface area contributed by atoms with Crippen LogP contribution in [0.3, 0.4) is 0 Å². The van der Waals surface area contributed by atoms with Gasteiger partial charge in [0.1, 0.15) is 11.6 Å². The molecular weight excluding hydrogens is 300 g/mol. The van der Waals surface area contributed by atoms with Gasteiger partial charge >= 0.3 is 0 Å². The standard InChI is InChI=1S/C9H6BrClN2OS/c1-5-12-9(15-13-5)14-8-3-2-6(11)4-7(8)10/h2-4H,1H3. The molecule has 1 aromatic heterocycles. The van der Waals surface area contributed by atoms with Gasteiger partial charge in [0.05, 0.1) is 4.47 Å². The molecule has 0 saturated heterocycles. The Kier molecular flexibility index (Phi) is 3.23. The third-order valence-corrected chi connectivity index (χ3v) is 3.14. The van der Waals surface area contributed by atoms with E-state index >= 15 is 0 Å². The van der Waals surface area contributed by atoms with Crippen LogP contribution in [0.2, 0.25) is 5.02 Å². The van der Waals surface area contributed by atoms with Crippen molar-refractivity contribution in [1.29, 1.82) is 0 Å². The molecule has 1 aromatic carbocycles. The fraction of sp³-hybridized carbons (Fsp3) is 0.111.